The van der Waals surface area contributed by atoms with Gasteiger partial charge in [-0.3, -0.25) is 0 Å². The maximum absolute atomic E-state index is 12.7. The van der Waals surface area contributed by atoms with Gasteiger partial charge in [0.15, 0.2) is 0 Å². The summed E-state index contributed by atoms with van der Waals surface area (Å²) in [5.74, 6) is -0.00370. The minimum atomic E-state index is -4.50. The first-order valence-corrected chi connectivity index (χ1v) is 5.42. The molecule has 0 amide bonds. The van der Waals surface area contributed by atoms with E-state index in [4.69, 9.17) is 11.6 Å². The number of phenols is 1. The Morgan fingerprint density at radius 3 is 2.22 bits per heavy atom. The fourth-order valence-electron chi connectivity index (χ4n) is 1.61. The van der Waals surface area contributed by atoms with E-state index in [1.165, 1.54) is 24.3 Å². The minimum absolute atomic E-state index is 0.00370. The molecular weight excluding hydrogens is 265 g/mol. The van der Waals surface area contributed by atoms with Crippen LogP contribution in [-0.4, -0.2) is 5.11 Å². The summed E-state index contributed by atoms with van der Waals surface area (Å²) in [5, 5.41) is 8.97. The Morgan fingerprint density at radius 1 is 0.944 bits per heavy atom. The summed E-state index contributed by atoms with van der Waals surface area (Å²) in [4.78, 5) is 0. The minimum Gasteiger partial charge on any atom is -0.508 e. The first kappa shape index (κ1) is 12.8. The van der Waals surface area contributed by atoms with Crippen LogP contribution in [0.3, 0.4) is 0 Å². The molecule has 5 heteroatoms. The van der Waals surface area contributed by atoms with Gasteiger partial charge in [-0.05, 0) is 35.4 Å². The Bertz CT molecular complexity index is 579. The molecule has 2 aromatic carbocycles. The topological polar surface area (TPSA) is 20.2 Å². The third-order valence-corrected chi connectivity index (χ3v) is 2.78. The number of aromatic hydroxyl groups is 1. The SMILES string of the molecule is Oc1cccc(-c2ccc(Cl)c(C(F)(F)F)c2)c1. The molecule has 2 aromatic rings. The highest BCUT2D eigenvalue weighted by molar-refractivity contribution is 6.31. The van der Waals surface area contributed by atoms with Gasteiger partial charge in [-0.1, -0.05) is 29.8 Å². The van der Waals surface area contributed by atoms with Crippen LogP contribution in [0.1, 0.15) is 5.56 Å². The van der Waals surface area contributed by atoms with Crippen molar-refractivity contribution in [2.45, 2.75) is 6.18 Å². The molecule has 0 saturated heterocycles. The fraction of sp³-hybridized carbons (Fsp3) is 0.0769. The van der Waals surface area contributed by atoms with Crippen molar-refractivity contribution in [3.63, 3.8) is 0 Å². The fourth-order valence-corrected chi connectivity index (χ4v) is 1.83. The van der Waals surface area contributed by atoms with Gasteiger partial charge in [0.2, 0.25) is 0 Å². The van der Waals surface area contributed by atoms with E-state index in [1.54, 1.807) is 12.1 Å². The highest BCUT2D eigenvalue weighted by Crippen LogP contribution is 2.37. The van der Waals surface area contributed by atoms with Gasteiger partial charge in [0.25, 0.3) is 0 Å². The summed E-state index contributed by atoms with van der Waals surface area (Å²) < 4.78 is 38.1. The summed E-state index contributed by atoms with van der Waals surface area (Å²) in [6, 6.07) is 9.66. The van der Waals surface area contributed by atoms with Crippen molar-refractivity contribution in [3.8, 4) is 16.9 Å². The zero-order valence-electron chi connectivity index (χ0n) is 9.00. The number of alkyl halides is 3. The van der Waals surface area contributed by atoms with E-state index in [9.17, 15) is 18.3 Å². The molecule has 0 aliphatic rings. The van der Waals surface area contributed by atoms with Crippen LogP contribution in [0.25, 0.3) is 11.1 Å². The summed E-state index contributed by atoms with van der Waals surface area (Å²) >= 11 is 5.53. The molecule has 18 heavy (non-hydrogen) atoms. The zero-order valence-corrected chi connectivity index (χ0v) is 9.76. The Kier molecular flexibility index (Phi) is 3.22. The highest BCUT2D eigenvalue weighted by atomic mass is 35.5. The Hall–Kier alpha value is -1.68. The number of hydrogen-bond donors (Lipinski definition) is 1. The van der Waals surface area contributed by atoms with Crippen molar-refractivity contribution in [2.24, 2.45) is 0 Å². The quantitative estimate of drug-likeness (QED) is 0.795. The van der Waals surface area contributed by atoms with E-state index in [1.807, 2.05) is 0 Å². The van der Waals surface area contributed by atoms with Gasteiger partial charge in [-0.15, -0.1) is 0 Å². The first-order valence-electron chi connectivity index (χ1n) is 5.04. The average molecular weight is 273 g/mol. The lowest BCUT2D eigenvalue weighted by Crippen LogP contribution is -2.05. The van der Waals surface area contributed by atoms with Crippen molar-refractivity contribution in [1.82, 2.24) is 0 Å². The van der Waals surface area contributed by atoms with E-state index in [-0.39, 0.29) is 10.8 Å². The third kappa shape index (κ3) is 2.59. The molecule has 0 aliphatic heterocycles. The van der Waals surface area contributed by atoms with Crippen LogP contribution >= 0.6 is 11.6 Å². The van der Waals surface area contributed by atoms with Crippen LogP contribution in [0, 0.1) is 0 Å². The molecular formula is C13H8ClF3O. The molecule has 0 unspecified atom stereocenters. The van der Waals surface area contributed by atoms with Crippen molar-refractivity contribution in [2.75, 3.05) is 0 Å². The molecule has 1 nitrogen and oxygen atoms in total. The first-order chi connectivity index (χ1) is 8.38. The molecule has 0 fully saturated rings. The van der Waals surface area contributed by atoms with Crippen LogP contribution in [0.15, 0.2) is 42.5 Å². The molecule has 2 rings (SSSR count). The molecule has 0 radical (unpaired) electrons. The Labute approximate surface area is 106 Å². The van der Waals surface area contributed by atoms with E-state index >= 15 is 0 Å². The predicted molar refractivity (Wildman–Crippen MR) is 63.6 cm³/mol. The van der Waals surface area contributed by atoms with Gasteiger partial charge in [0, 0.05) is 0 Å². The van der Waals surface area contributed by atoms with Crippen LogP contribution in [0.2, 0.25) is 5.02 Å². The maximum Gasteiger partial charge on any atom is 0.417 e. The van der Waals surface area contributed by atoms with Crippen LogP contribution in [0.4, 0.5) is 13.2 Å². The maximum atomic E-state index is 12.7. The van der Waals surface area contributed by atoms with Crippen LogP contribution in [-0.2, 0) is 6.18 Å². The van der Waals surface area contributed by atoms with E-state index in [0.29, 0.717) is 11.1 Å². The Balaban J connectivity index is 2.54. The number of hydrogen-bond acceptors (Lipinski definition) is 1. The zero-order chi connectivity index (χ0) is 13.3. The summed E-state index contributed by atoms with van der Waals surface area (Å²) in [6.45, 7) is 0. The molecule has 0 aromatic heterocycles. The van der Waals surface area contributed by atoms with Gasteiger partial charge >= 0.3 is 6.18 Å². The second kappa shape index (κ2) is 4.53. The summed E-state index contributed by atoms with van der Waals surface area (Å²) in [5.41, 5.74) is -0.0372. The molecule has 0 saturated carbocycles. The second-order valence-electron chi connectivity index (χ2n) is 3.74. The molecule has 0 spiro atoms. The summed E-state index contributed by atoms with van der Waals surface area (Å²) in [6.07, 6.45) is -4.50. The highest BCUT2D eigenvalue weighted by Gasteiger charge is 2.33. The molecule has 0 aliphatic carbocycles. The predicted octanol–water partition coefficient (Wildman–Crippen LogP) is 4.73. The van der Waals surface area contributed by atoms with Crippen LogP contribution < -0.4 is 0 Å². The molecule has 94 valence electrons. The number of benzene rings is 2. The van der Waals surface area contributed by atoms with Gasteiger partial charge in [-0.2, -0.15) is 13.2 Å². The average Bonchev–Trinajstić information content (AvgIpc) is 2.28. The second-order valence-corrected chi connectivity index (χ2v) is 4.15. The lowest BCUT2D eigenvalue weighted by Gasteiger charge is -2.11. The molecule has 1 N–H and O–H groups in total. The smallest absolute Gasteiger partial charge is 0.417 e. The van der Waals surface area contributed by atoms with Crippen molar-refractivity contribution >= 4 is 11.6 Å². The van der Waals surface area contributed by atoms with Gasteiger partial charge in [0.1, 0.15) is 5.75 Å². The van der Waals surface area contributed by atoms with Gasteiger partial charge < -0.3 is 5.11 Å². The summed E-state index contributed by atoms with van der Waals surface area (Å²) in [7, 11) is 0. The number of rotatable bonds is 1. The number of phenolic OH excluding ortho intramolecular Hbond substituents is 1. The lowest BCUT2D eigenvalue weighted by atomic mass is 10.0. The monoisotopic (exact) mass is 272 g/mol. The molecule has 0 heterocycles. The van der Waals surface area contributed by atoms with Crippen molar-refractivity contribution in [3.05, 3.63) is 53.1 Å². The lowest BCUT2D eigenvalue weighted by molar-refractivity contribution is -0.137. The van der Waals surface area contributed by atoms with E-state index in [2.05, 4.69) is 0 Å². The van der Waals surface area contributed by atoms with Crippen molar-refractivity contribution in [1.29, 1.82) is 0 Å². The van der Waals surface area contributed by atoms with E-state index in [0.717, 1.165) is 6.07 Å². The Morgan fingerprint density at radius 2 is 1.61 bits per heavy atom. The van der Waals surface area contributed by atoms with Crippen molar-refractivity contribution < 1.29 is 18.3 Å². The largest absolute Gasteiger partial charge is 0.508 e. The van der Waals surface area contributed by atoms with Gasteiger partial charge in [0.05, 0.1) is 10.6 Å². The standard InChI is InChI=1S/C13H8ClF3O/c14-12-5-4-9(7-11(12)13(15,16)17)8-2-1-3-10(18)6-8/h1-7,18H. The molecule has 0 atom stereocenters. The van der Waals surface area contributed by atoms with Crippen LogP contribution in [0.5, 0.6) is 5.75 Å². The van der Waals surface area contributed by atoms with E-state index < -0.39 is 11.7 Å². The normalized spacial score (nSPS) is 11.6. The third-order valence-electron chi connectivity index (χ3n) is 2.45. The molecule has 0 bridgehead atoms. The van der Waals surface area contributed by atoms with Gasteiger partial charge in [-0.25, -0.2) is 0 Å². The number of halogens is 4.